The van der Waals surface area contributed by atoms with Gasteiger partial charge in [0.1, 0.15) is 12.4 Å². The van der Waals surface area contributed by atoms with Crippen molar-refractivity contribution in [1.29, 1.82) is 0 Å². The van der Waals surface area contributed by atoms with Crippen molar-refractivity contribution in [3.05, 3.63) is 61.1 Å². The van der Waals surface area contributed by atoms with Gasteiger partial charge in [0.25, 0.3) is 5.56 Å². The first-order chi connectivity index (χ1) is 23.1. The number of amides is 2. The lowest BCUT2D eigenvalue weighted by molar-refractivity contribution is -0.157. The van der Waals surface area contributed by atoms with Crippen LogP contribution in [-0.2, 0) is 45.1 Å². The molecule has 0 saturated heterocycles. The maximum absolute atomic E-state index is 14.4. The summed E-state index contributed by atoms with van der Waals surface area (Å²) in [4.78, 5) is 53.3. The lowest BCUT2D eigenvalue weighted by Crippen LogP contribution is -2.40. The Morgan fingerprint density at radius 1 is 1.10 bits per heavy atom. The molecule has 13 heteroatoms. The molecule has 3 aliphatic rings. The Hall–Kier alpha value is -3.87. The summed E-state index contributed by atoms with van der Waals surface area (Å²) in [5.74, 6) is -1.93. The van der Waals surface area contributed by atoms with Crippen LogP contribution in [0, 0.1) is 5.82 Å². The molecule has 0 bridgehead atoms. The summed E-state index contributed by atoms with van der Waals surface area (Å²) in [6.07, 6.45) is 6.62. The molecule has 260 valence electrons. The number of aryl methyl sites for hydroxylation is 2. The first kappa shape index (κ1) is 37.0. The highest BCUT2D eigenvalue weighted by Gasteiger charge is 2.35. The second-order valence-electron chi connectivity index (χ2n) is 11.9. The normalized spacial score (nSPS) is 15.2. The Morgan fingerprint density at radius 3 is 2.50 bits per heavy atom. The Morgan fingerprint density at radius 2 is 1.81 bits per heavy atom. The van der Waals surface area contributed by atoms with Crippen LogP contribution < -0.4 is 11.3 Å². The molecule has 2 aliphatic heterocycles. The average Bonchev–Trinajstić information content (AvgIpc) is 3.45. The number of pyridine rings is 2. The minimum absolute atomic E-state index is 0.102. The number of aliphatic hydroxyl groups excluding tert-OH is 2. The monoisotopic (exact) mass is 686 g/mol. The number of rotatable bonds is 10. The molecule has 48 heavy (non-hydrogen) atoms. The lowest BCUT2D eigenvalue weighted by atomic mass is 9.87. The zero-order valence-electron chi connectivity index (χ0n) is 27.7. The van der Waals surface area contributed by atoms with E-state index in [0.717, 1.165) is 54.2 Å². The van der Waals surface area contributed by atoms with Gasteiger partial charge in [-0.15, -0.1) is 0 Å². The molecule has 0 fully saturated rings. The summed E-state index contributed by atoms with van der Waals surface area (Å²) in [6, 6.07) is 2.97. The van der Waals surface area contributed by atoms with Crippen molar-refractivity contribution in [2.75, 3.05) is 19.7 Å². The lowest BCUT2D eigenvalue weighted by Gasteiger charge is -2.21. The third kappa shape index (κ3) is 7.55. The van der Waals surface area contributed by atoms with Gasteiger partial charge in [0, 0.05) is 35.5 Å². The van der Waals surface area contributed by atoms with Crippen LogP contribution in [-0.4, -0.2) is 62.1 Å². The van der Waals surface area contributed by atoms with E-state index in [9.17, 15) is 28.7 Å². The van der Waals surface area contributed by atoms with Gasteiger partial charge in [-0.3, -0.25) is 14.4 Å². The first-order valence-electron chi connectivity index (χ1n) is 16.7. The van der Waals surface area contributed by atoms with Gasteiger partial charge in [0.15, 0.2) is 6.10 Å². The molecule has 1 aliphatic carbocycles. The Bertz CT molecular complexity index is 1760. The van der Waals surface area contributed by atoms with Gasteiger partial charge in [0.2, 0.25) is 11.8 Å². The van der Waals surface area contributed by atoms with Gasteiger partial charge in [-0.25, -0.2) is 14.2 Å². The number of nitrogens with two attached hydrogens (primary N) is 1. The SMILES string of the molecule is CC.CCCCCCCC(=O)N(CCO)CC(N)=O.O=C1OCc2c(cc3n(c2=O)Cc2c-3nc3cc(F)c(Cl)c4c3c2CCC4)C1O. The number of primary amides is 1. The summed E-state index contributed by atoms with van der Waals surface area (Å²) < 4.78 is 20.9. The maximum Gasteiger partial charge on any atom is 0.340 e. The van der Waals surface area contributed by atoms with Crippen molar-refractivity contribution in [1.82, 2.24) is 14.5 Å². The minimum atomic E-state index is -1.50. The second-order valence-corrected chi connectivity index (χ2v) is 12.2. The number of halogens is 2. The van der Waals surface area contributed by atoms with Gasteiger partial charge >= 0.3 is 5.97 Å². The number of carbonyl (C=O) groups is 3. The van der Waals surface area contributed by atoms with Crippen molar-refractivity contribution in [3.8, 4) is 11.4 Å². The molecule has 1 aromatic carbocycles. The number of aliphatic hydroxyl groups is 2. The van der Waals surface area contributed by atoms with Crippen LogP contribution in [0.5, 0.6) is 0 Å². The van der Waals surface area contributed by atoms with E-state index in [4.69, 9.17) is 27.2 Å². The summed E-state index contributed by atoms with van der Waals surface area (Å²) in [7, 11) is 0. The van der Waals surface area contributed by atoms with E-state index in [1.807, 2.05) is 13.8 Å². The molecule has 11 nitrogen and oxygen atoms in total. The van der Waals surface area contributed by atoms with Crippen LogP contribution in [0.2, 0.25) is 5.02 Å². The highest BCUT2D eigenvalue weighted by molar-refractivity contribution is 6.32. The molecular weight excluding hydrogens is 643 g/mol. The molecule has 2 aromatic heterocycles. The van der Waals surface area contributed by atoms with E-state index in [1.54, 1.807) is 10.6 Å². The number of nitrogens with zero attached hydrogens (tertiary/aromatic N) is 3. The third-order valence-electron chi connectivity index (χ3n) is 8.77. The number of aromatic nitrogens is 2. The minimum Gasteiger partial charge on any atom is -0.458 e. The Balaban J connectivity index is 0.000000237. The van der Waals surface area contributed by atoms with Crippen LogP contribution in [0.15, 0.2) is 16.9 Å². The van der Waals surface area contributed by atoms with Crippen LogP contribution >= 0.6 is 11.6 Å². The number of esters is 1. The molecule has 0 radical (unpaired) electrons. The number of hydrogen-bond acceptors (Lipinski definition) is 8. The van der Waals surface area contributed by atoms with E-state index in [2.05, 4.69) is 11.9 Å². The predicted octanol–water partition coefficient (Wildman–Crippen LogP) is 4.48. The molecule has 2 amide bonds. The van der Waals surface area contributed by atoms with Crippen LogP contribution in [0.1, 0.15) is 99.6 Å². The number of fused-ring (bicyclic) bond motifs is 5. The number of carbonyl (C=O) groups excluding carboxylic acids is 3. The summed E-state index contributed by atoms with van der Waals surface area (Å²) in [5.41, 5.74) is 9.63. The number of benzene rings is 1. The topological polar surface area (TPSA) is 165 Å². The molecule has 4 N–H and O–H groups in total. The second kappa shape index (κ2) is 16.5. The summed E-state index contributed by atoms with van der Waals surface area (Å²) in [5, 5.41) is 20.0. The molecule has 0 spiro atoms. The smallest absolute Gasteiger partial charge is 0.340 e. The number of cyclic esters (lactones) is 1. The van der Waals surface area contributed by atoms with E-state index in [1.165, 1.54) is 23.8 Å². The number of unbranched alkanes of at least 4 members (excludes halogenated alkanes) is 4. The van der Waals surface area contributed by atoms with Crippen LogP contribution in [0.3, 0.4) is 0 Å². The van der Waals surface area contributed by atoms with E-state index in [-0.39, 0.29) is 53.9 Å². The molecule has 1 unspecified atom stereocenters. The van der Waals surface area contributed by atoms with Crippen LogP contribution in [0.4, 0.5) is 4.39 Å². The largest absolute Gasteiger partial charge is 0.458 e. The van der Waals surface area contributed by atoms with Crippen molar-refractivity contribution in [2.45, 2.75) is 97.8 Å². The Kier molecular flexibility index (Phi) is 12.7. The van der Waals surface area contributed by atoms with Gasteiger partial charge < -0.3 is 30.2 Å². The summed E-state index contributed by atoms with van der Waals surface area (Å²) >= 11 is 6.23. The highest BCUT2D eigenvalue weighted by Crippen LogP contribution is 2.43. The molecule has 0 saturated carbocycles. The summed E-state index contributed by atoms with van der Waals surface area (Å²) in [6.45, 7) is 6.25. The maximum atomic E-state index is 14.4. The molecule has 4 heterocycles. The van der Waals surface area contributed by atoms with Crippen molar-refractivity contribution in [2.24, 2.45) is 5.73 Å². The van der Waals surface area contributed by atoms with Gasteiger partial charge in [0.05, 0.1) is 47.2 Å². The highest BCUT2D eigenvalue weighted by atomic mass is 35.5. The molecular formula is C35H44ClFN4O7. The predicted molar refractivity (Wildman–Crippen MR) is 180 cm³/mol. The standard InChI is InChI=1S/C21H14ClFN2O4.C12H24N2O3.C2H6/c22-17-9-3-1-2-8-11-6-25-15(18(11)24-14(16(8)9)5-13(17)23)4-10-12(20(25)27)7-29-21(28)19(10)26;1-2-3-4-5-6-7-12(17)14(8-9-15)10-11(13)16;1-2/h4-5,19,26H,1-3,6-7H2;15H,2-10H2,1H3,(H2,13,16);1-2H3. The van der Waals surface area contributed by atoms with Crippen molar-refractivity contribution >= 4 is 40.3 Å². The molecule has 1 atom stereocenters. The van der Waals surface area contributed by atoms with E-state index in [0.29, 0.717) is 36.3 Å². The van der Waals surface area contributed by atoms with E-state index >= 15 is 0 Å². The zero-order valence-corrected chi connectivity index (χ0v) is 28.5. The fraction of sp³-hybridized carbons (Fsp3) is 0.514. The van der Waals surface area contributed by atoms with Gasteiger partial charge in [-0.05, 0) is 42.9 Å². The van der Waals surface area contributed by atoms with Crippen LogP contribution in [0.25, 0.3) is 22.3 Å². The molecule has 6 rings (SSSR count). The van der Waals surface area contributed by atoms with Gasteiger partial charge in [-0.1, -0.05) is 58.1 Å². The average molecular weight is 687 g/mol. The number of hydrogen-bond donors (Lipinski definition) is 3. The quantitative estimate of drug-likeness (QED) is 0.162. The first-order valence-corrected chi connectivity index (χ1v) is 17.1. The fourth-order valence-corrected chi connectivity index (χ4v) is 6.75. The zero-order chi connectivity index (χ0) is 35.1. The van der Waals surface area contributed by atoms with Gasteiger partial charge in [-0.2, -0.15) is 0 Å². The third-order valence-corrected chi connectivity index (χ3v) is 9.18. The van der Waals surface area contributed by atoms with Crippen molar-refractivity contribution in [3.63, 3.8) is 0 Å². The van der Waals surface area contributed by atoms with Crippen molar-refractivity contribution < 1.29 is 33.7 Å². The molecule has 3 aromatic rings. The Labute approximate surface area is 283 Å². The van der Waals surface area contributed by atoms with E-state index < -0.39 is 23.8 Å². The number of ether oxygens (including phenoxy) is 1. The fourth-order valence-electron chi connectivity index (χ4n) is 6.50.